The Morgan fingerprint density at radius 1 is 0.763 bits per heavy atom. The van der Waals surface area contributed by atoms with E-state index in [9.17, 15) is 0 Å². The zero-order valence-electron chi connectivity index (χ0n) is 25.5. The molecule has 4 rings (SSSR count). The van der Waals surface area contributed by atoms with E-state index in [1.807, 2.05) is 90.0 Å². The van der Waals surface area contributed by atoms with Crippen LogP contribution in [0.3, 0.4) is 0 Å². The molecule has 0 amide bonds. The molecule has 0 aromatic carbocycles. The Kier molecular flexibility index (Phi) is 21.2. The summed E-state index contributed by atoms with van der Waals surface area (Å²) in [6.45, 7) is 25.5. The van der Waals surface area contributed by atoms with E-state index < -0.39 is 0 Å². The third kappa shape index (κ3) is 14.0. The molecule has 10 heteroatoms. The molecule has 0 unspecified atom stereocenters. The number of aromatic nitrogens is 8. The van der Waals surface area contributed by atoms with Crippen LogP contribution in [0.1, 0.15) is 85.1 Å². The summed E-state index contributed by atoms with van der Waals surface area (Å²) in [5.74, 6) is 0. The van der Waals surface area contributed by atoms with Crippen LogP contribution in [0.2, 0.25) is 0 Å². The summed E-state index contributed by atoms with van der Waals surface area (Å²) >= 11 is 0. The van der Waals surface area contributed by atoms with E-state index in [-0.39, 0.29) is 0 Å². The predicted molar refractivity (Wildman–Crippen MR) is 161 cm³/mol. The third-order valence-electron chi connectivity index (χ3n) is 3.94. The van der Waals surface area contributed by atoms with Crippen LogP contribution >= 0.6 is 0 Å². The quantitative estimate of drug-likeness (QED) is 0.270. The van der Waals surface area contributed by atoms with E-state index in [4.69, 9.17) is 0 Å². The minimum atomic E-state index is 0.672. The summed E-state index contributed by atoms with van der Waals surface area (Å²) in [5, 5.41) is 0. The maximum absolute atomic E-state index is 4.25. The number of fused-ring (bicyclic) bond motifs is 1. The second-order valence-electron chi connectivity index (χ2n) is 6.92. The Morgan fingerprint density at radius 3 is 1.87 bits per heavy atom. The van der Waals surface area contributed by atoms with Gasteiger partial charge in [-0.1, -0.05) is 41.5 Å². The fourth-order valence-electron chi connectivity index (χ4n) is 2.45. The molecule has 0 atom stereocenters. The summed E-state index contributed by atoms with van der Waals surface area (Å²) in [6, 6.07) is 0. The summed E-state index contributed by atoms with van der Waals surface area (Å²) < 4.78 is 0. The fourth-order valence-corrected chi connectivity index (χ4v) is 2.45. The molecule has 0 bridgehead atoms. The molecule has 4 aromatic rings. The highest BCUT2D eigenvalue weighted by Gasteiger charge is 2.00. The van der Waals surface area contributed by atoms with Crippen LogP contribution in [-0.4, -0.2) is 51.8 Å². The van der Waals surface area contributed by atoms with Crippen molar-refractivity contribution in [2.45, 2.75) is 90.0 Å². The third-order valence-corrected chi connectivity index (χ3v) is 3.94. The van der Waals surface area contributed by atoms with Crippen molar-refractivity contribution in [3.05, 3.63) is 54.2 Å². The molecular formula is C28H46N10. The molecule has 0 radical (unpaired) electrons. The Hall–Kier alpha value is -3.95. The minimum absolute atomic E-state index is 0.672. The first-order valence-electron chi connectivity index (χ1n) is 13.0. The highest BCUT2D eigenvalue weighted by molar-refractivity contribution is 5.82. The van der Waals surface area contributed by atoms with E-state index in [1.54, 1.807) is 31.3 Å². The van der Waals surface area contributed by atoms with E-state index >= 15 is 0 Å². The lowest BCUT2D eigenvalue weighted by molar-refractivity contribution is 1.05. The molecule has 38 heavy (non-hydrogen) atoms. The lowest BCUT2D eigenvalue weighted by Crippen LogP contribution is -1.88. The molecule has 0 saturated carbocycles. The van der Waals surface area contributed by atoms with E-state index in [0.29, 0.717) is 5.65 Å². The number of nitrogens with one attached hydrogen (secondary N) is 1. The van der Waals surface area contributed by atoms with E-state index in [1.165, 1.54) is 6.33 Å². The number of imidazole rings is 1. The van der Waals surface area contributed by atoms with Gasteiger partial charge in [0.25, 0.3) is 0 Å². The molecular weight excluding hydrogens is 476 g/mol. The summed E-state index contributed by atoms with van der Waals surface area (Å²) in [6.07, 6.45) is 9.83. The average molecular weight is 523 g/mol. The zero-order chi connectivity index (χ0) is 29.5. The van der Waals surface area contributed by atoms with Crippen molar-refractivity contribution >= 4 is 34.6 Å². The molecule has 4 heterocycles. The zero-order valence-corrected chi connectivity index (χ0v) is 25.5. The second-order valence-corrected chi connectivity index (χ2v) is 6.92. The van der Waals surface area contributed by atoms with Gasteiger partial charge in [-0.05, 0) is 48.5 Å². The van der Waals surface area contributed by atoms with Crippen LogP contribution in [0.4, 0.5) is 11.4 Å². The molecule has 0 aliphatic heterocycles. The number of H-pyrrole nitrogens is 1. The molecule has 10 nitrogen and oxygen atoms in total. The number of aromatic amines is 1. The van der Waals surface area contributed by atoms with E-state index in [0.717, 1.165) is 45.5 Å². The molecule has 0 spiro atoms. The monoisotopic (exact) mass is 522 g/mol. The first kappa shape index (κ1) is 36.2. The second kappa shape index (κ2) is 22.3. The normalized spacial score (nSPS) is 9.08. The van der Waals surface area contributed by atoms with Gasteiger partial charge >= 0.3 is 0 Å². The molecule has 0 saturated heterocycles. The van der Waals surface area contributed by atoms with Gasteiger partial charge in [0.15, 0.2) is 11.3 Å². The molecule has 1 N–H and O–H groups in total. The van der Waals surface area contributed by atoms with Gasteiger partial charge in [-0.15, -0.1) is 0 Å². The molecule has 0 aliphatic carbocycles. The van der Waals surface area contributed by atoms with Gasteiger partial charge in [-0.3, -0.25) is 9.98 Å². The highest BCUT2D eigenvalue weighted by atomic mass is 15.0. The van der Waals surface area contributed by atoms with Crippen LogP contribution < -0.4 is 0 Å². The number of rotatable bonds is 2. The van der Waals surface area contributed by atoms with Gasteiger partial charge in [0, 0.05) is 11.9 Å². The van der Waals surface area contributed by atoms with Crippen LogP contribution in [0.5, 0.6) is 0 Å². The van der Waals surface area contributed by atoms with Crippen molar-refractivity contribution in [2.75, 3.05) is 0 Å². The number of aryl methyl sites for hydroxylation is 4. The summed E-state index contributed by atoms with van der Waals surface area (Å²) in [5.41, 5.74) is 7.85. The number of hydrogen-bond donors (Lipinski definition) is 1. The van der Waals surface area contributed by atoms with Crippen molar-refractivity contribution in [1.29, 1.82) is 0 Å². The van der Waals surface area contributed by atoms with Gasteiger partial charge in [0.1, 0.15) is 24.0 Å². The lowest BCUT2D eigenvalue weighted by atomic mass is 10.3. The Balaban J connectivity index is 0. The SMILES string of the molecule is CC.CC.CC.CC(C)=Nc1cncnc1C.CC=Nc1c(C)ncnc1C.Cc1cnc2nc[nH]c2n1. The number of hydrogen-bond acceptors (Lipinski definition) is 9. The Morgan fingerprint density at radius 2 is 1.34 bits per heavy atom. The smallest absolute Gasteiger partial charge is 0.197 e. The maximum Gasteiger partial charge on any atom is 0.197 e. The summed E-state index contributed by atoms with van der Waals surface area (Å²) in [4.78, 5) is 39.4. The van der Waals surface area contributed by atoms with Crippen molar-refractivity contribution in [1.82, 2.24) is 39.9 Å². The van der Waals surface area contributed by atoms with Gasteiger partial charge < -0.3 is 4.98 Å². The van der Waals surface area contributed by atoms with Crippen molar-refractivity contribution in [2.24, 2.45) is 9.98 Å². The molecule has 0 fully saturated rings. The fraction of sp³-hybridized carbons (Fsp3) is 0.464. The van der Waals surface area contributed by atoms with Crippen molar-refractivity contribution < 1.29 is 0 Å². The Bertz CT molecular complexity index is 1190. The first-order chi connectivity index (χ1) is 18.3. The van der Waals surface area contributed by atoms with Gasteiger partial charge in [-0.25, -0.2) is 34.9 Å². The largest absolute Gasteiger partial charge is 0.328 e. The minimum Gasteiger partial charge on any atom is -0.328 e. The lowest BCUT2D eigenvalue weighted by Gasteiger charge is -1.99. The first-order valence-corrected chi connectivity index (χ1v) is 13.0. The maximum atomic E-state index is 4.25. The standard InChI is InChI=1S/2C8H11N3.C6H6N4.3C2H6/c1-6(2)11-8-4-9-5-10-7(8)3;1-4-9-8-6(2)10-5-11-7(8)3;1-4-2-7-5-6(10-4)9-3-8-5;3*1-2/h2*4-5H,1-3H3;2-3H,1H3,(H,7,8,9,10);3*1-2H3. The van der Waals surface area contributed by atoms with Gasteiger partial charge in [-0.2, -0.15) is 0 Å². The van der Waals surface area contributed by atoms with Crippen LogP contribution in [0.15, 0.2) is 41.4 Å². The van der Waals surface area contributed by atoms with Crippen LogP contribution in [0.25, 0.3) is 11.3 Å². The highest BCUT2D eigenvalue weighted by Crippen LogP contribution is 2.17. The van der Waals surface area contributed by atoms with Crippen molar-refractivity contribution in [3.63, 3.8) is 0 Å². The van der Waals surface area contributed by atoms with Crippen LogP contribution in [0, 0.1) is 27.7 Å². The summed E-state index contributed by atoms with van der Waals surface area (Å²) in [7, 11) is 0. The van der Waals surface area contributed by atoms with Gasteiger partial charge in [0.05, 0.1) is 41.5 Å². The predicted octanol–water partition coefficient (Wildman–Crippen LogP) is 7.45. The molecule has 208 valence electrons. The average Bonchev–Trinajstić information content (AvgIpc) is 3.40. The topological polar surface area (TPSA) is 131 Å². The van der Waals surface area contributed by atoms with E-state index in [2.05, 4.69) is 49.9 Å². The van der Waals surface area contributed by atoms with Crippen LogP contribution in [-0.2, 0) is 0 Å². The molecule has 0 aliphatic rings. The molecule has 4 aromatic heterocycles. The number of aliphatic imine (C=N–C) groups is 2. The van der Waals surface area contributed by atoms with Crippen molar-refractivity contribution in [3.8, 4) is 0 Å². The Labute approximate surface area is 228 Å². The van der Waals surface area contributed by atoms with Gasteiger partial charge in [0.2, 0.25) is 0 Å². The number of nitrogens with zero attached hydrogens (tertiary/aromatic N) is 9.